The molecule has 2 rings (SSSR count). The van der Waals surface area contributed by atoms with Crippen molar-refractivity contribution in [2.75, 3.05) is 36.9 Å². The van der Waals surface area contributed by atoms with Gasteiger partial charge in [-0.05, 0) is 0 Å². The number of nitrogens with two attached hydrogens (primary N) is 1. The van der Waals surface area contributed by atoms with E-state index < -0.39 is 0 Å². The van der Waals surface area contributed by atoms with Crippen LogP contribution in [0.25, 0.3) is 0 Å². The van der Waals surface area contributed by atoms with Crippen molar-refractivity contribution in [2.45, 2.75) is 0 Å². The molecule has 0 spiro atoms. The van der Waals surface area contributed by atoms with Gasteiger partial charge in [-0.1, -0.05) is 0 Å². The van der Waals surface area contributed by atoms with Crippen molar-refractivity contribution in [3.63, 3.8) is 0 Å². The van der Waals surface area contributed by atoms with E-state index in [1.165, 1.54) is 0 Å². The van der Waals surface area contributed by atoms with E-state index in [9.17, 15) is 0 Å². The summed E-state index contributed by atoms with van der Waals surface area (Å²) in [5, 5.41) is 0. The zero-order valence-corrected chi connectivity index (χ0v) is 7.38. The van der Waals surface area contributed by atoms with Gasteiger partial charge in [-0.3, -0.25) is 0 Å². The maximum absolute atomic E-state index is 5.63. The third-order valence-corrected chi connectivity index (χ3v) is 2.34. The van der Waals surface area contributed by atoms with E-state index in [1.54, 1.807) is 0 Å². The standard InChI is InChI=1S/C6H10N4OS/c7-5-6(9-12-8-5)10-1-3-11-4-2-10/h1-4H2,(H2,7,8). The Morgan fingerprint density at radius 1 is 1.33 bits per heavy atom. The lowest BCUT2D eigenvalue weighted by molar-refractivity contribution is 0.122. The molecule has 0 aromatic carbocycles. The van der Waals surface area contributed by atoms with Gasteiger partial charge in [-0.15, -0.1) is 0 Å². The molecule has 0 radical (unpaired) electrons. The molecule has 5 nitrogen and oxygen atoms in total. The van der Waals surface area contributed by atoms with Gasteiger partial charge in [-0.2, -0.15) is 8.75 Å². The zero-order chi connectivity index (χ0) is 8.39. The van der Waals surface area contributed by atoms with Crippen LogP contribution in [-0.2, 0) is 4.74 Å². The number of hydrogen-bond acceptors (Lipinski definition) is 6. The average molecular weight is 186 g/mol. The van der Waals surface area contributed by atoms with Gasteiger partial charge in [0.25, 0.3) is 0 Å². The van der Waals surface area contributed by atoms with Gasteiger partial charge in [0, 0.05) is 13.1 Å². The lowest BCUT2D eigenvalue weighted by atomic mass is 10.4. The molecule has 2 N–H and O–H groups in total. The van der Waals surface area contributed by atoms with Crippen molar-refractivity contribution < 1.29 is 4.74 Å². The van der Waals surface area contributed by atoms with Crippen LogP contribution in [0.3, 0.4) is 0 Å². The van der Waals surface area contributed by atoms with Crippen molar-refractivity contribution in [3.8, 4) is 0 Å². The Balaban J connectivity index is 2.13. The molecule has 12 heavy (non-hydrogen) atoms. The van der Waals surface area contributed by atoms with E-state index in [2.05, 4.69) is 13.6 Å². The Bertz CT molecular complexity index is 258. The molecule has 1 aromatic rings. The molecule has 1 aliphatic rings. The van der Waals surface area contributed by atoms with Gasteiger partial charge < -0.3 is 15.4 Å². The summed E-state index contributed by atoms with van der Waals surface area (Å²) in [6.45, 7) is 3.21. The predicted molar refractivity (Wildman–Crippen MR) is 47.4 cm³/mol. The molecule has 2 heterocycles. The fourth-order valence-corrected chi connectivity index (χ4v) is 1.68. The van der Waals surface area contributed by atoms with Crippen LogP contribution in [0, 0.1) is 0 Å². The largest absolute Gasteiger partial charge is 0.380 e. The van der Waals surface area contributed by atoms with E-state index in [4.69, 9.17) is 10.5 Å². The van der Waals surface area contributed by atoms with Crippen LogP contribution in [0.5, 0.6) is 0 Å². The zero-order valence-electron chi connectivity index (χ0n) is 6.56. The van der Waals surface area contributed by atoms with Crippen LogP contribution in [0.15, 0.2) is 0 Å². The molecule has 0 aliphatic carbocycles. The second-order valence-corrected chi connectivity index (χ2v) is 3.10. The van der Waals surface area contributed by atoms with Crippen molar-refractivity contribution in [3.05, 3.63) is 0 Å². The summed E-state index contributed by atoms with van der Waals surface area (Å²) < 4.78 is 13.2. The van der Waals surface area contributed by atoms with Gasteiger partial charge >= 0.3 is 0 Å². The number of anilines is 2. The number of nitrogen functional groups attached to an aromatic ring is 1. The van der Waals surface area contributed by atoms with Crippen LogP contribution in [0.2, 0.25) is 0 Å². The van der Waals surface area contributed by atoms with Crippen LogP contribution in [-0.4, -0.2) is 35.1 Å². The summed E-state index contributed by atoms with van der Waals surface area (Å²) in [6, 6.07) is 0. The van der Waals surface area contributed by atoms with Crippen molar-refractivity contribution >= 4 is 23.4 Å². The second-order valence-electron chi connectivity index (χ2n) is 2.57. The topological polar surface area (TPSA) is 64.3 Å². The van der Waals surface area contributed by atoms with Crippen LogP contribution in [0.1, 0.15) is 0 Å². The first kappa shape index (κ1) is 7.75. The first-order valence-electron chi connectivity index (χ1n) is 3.78. The predicted octanol–water partition coefficient (Wildman–Crippen LogP) is -0.0431. The molecule has 1 aliphatic heterocycles. The number of ether oxygens (including phenoxy) is 1. The minimum absolute atomic E-state index is 0.530. The monoisotopic (exact) mass is 186 g/mol. The quantitative estimate of drug-likeness (QED) is 0.666. The van der Waals surface area contributed by atoms with E-state index in [1.807, 2.05) is 0 Å². The summed E-state index contributed by atoms with van der Waals surface area (Å²) in [5.41, 5.74) is 5.63. The minimum Gasteiger partial charge on any atom is -0.380 e. The van der Waals surface area contributed by atoms with E-state index in [0.717, 1.165) is 43.8 Å². The molecule has 0 saturated carbocycles. The number of nitrogens with zero attached hydrogens (tertiary/aromatic N) is 3. The van der Waals surface area contributed by atoms with Gasteiger partial charge in [0.05, 0.1) is 24.9 Å². The summed E-state index contributed by atoms with van der Waals surface area (Å²) in [7, 11) is 0. The molecule has 6 heteroatoms. The molecule has 1 aromatic heterocycles. The van der Waals surface area contributed by atoms with Crippen LogP contribution < -0.4 is 10.6 Å². The molecule has 0 atom stereocenters. The highest BCUT2D eigenvalue weighted by Crippen LogP contribution is 2.20. The Morgan fingerprint density at radius 3 is 2.67 bits per heavy atom. The molecular weight excluding hydrogens is 176 g/mol. The summed E-state index contributed by atoms with van der Waals surface area (Å²) in [5.74, 6) is 1.34. The van der Waals surface area contributed by atoms with Gasteiger partial charge in [0.15, 0.2) is 11.6 Å². The molecule has 0 amide bonds. The number of hydrogen-bond donors (Lipinski definition) is 1. The lowest BCUT2D eigenvalue weighted by Crippen LogP contribution is -2.36. The first-order valence-corrected chi connectivity index (χ1v) is 4.51. The normalized spacial score (nSPS) is 18.2. The highest BCUT2D eigenvalue weighted by Gasteiger charge is 2.16. The Morgan fingerprint density at radius 2 is 2.08 bits per heavy atom. The summed E-state index contributed by atoms with van der Waals surface area (Å²) >= 11 is 1.15. The number of rotatable bonds is 1. The van der Waals surface area contributed by atoms with Crippen LogP contribution in [0.4, 0.5) is 11.6 Å². The lowest BCUT2D eigenvalue weighted by Gasteiger charge is -2.26. The third-order valence-electron chi connectivity index (χ3n) is 1.81. The number of morpholine rings is 1. The highest BCUT2D eigenvalue weighted by atomic mass is 32.1. The van der Waals surface area contributed by atoms with Gasteiger partial charge in [-0.25, -0.2) is 0 Å². The van der Waals surface area contributed by atoms with Gasteiger partial charge in [0.2, 0.25) is 0 Å². The third kappa shape index (κ3) is 1.35. The molecule has 66 valence electrons. The van der Waals surface area contributed by atoms with E-state index in [0.29, 0.717) is 5.82 Å². The molecular formula is C6H10N4OS. The molecule has 0 bridgehead atoms. The van der Waals surface area contributed by atoms with Crippen molar-refractivity contribution in [2.24, 2.45) is 0 Å². The average Bonchev–Trinajstić information content (AvgIpc) is 2.53. The Hall–Kier alpha value is -0.880. The Kier molecular flexibility index (Phi) is 2.09. The molecule has 0 unspecified atom stereocenters. The minimum atomic E-state index is 0.530. The molecule has 1 fully saturated rings. The van der Waals surface area contributed by atoms with E-state index in [-0.39, 0.29) is 0 Å². The fourth-order valence-electron chi connectivity index (χ4n) is 1.19. The van der Waals surface area contributed by atoms with Crippen molar-refractivity contribution in [1.82, 2.24) is 8.75 Å². The summed E-state index contributed by atoms with van der Waals surface area (Å²) in [4.78, 5) is 2.10. The summed E-state index contributed by atoms with van der Waals surface area (Å²) in [6.07, 6.45) is 0. The Labute approximate surface area is 74.5 Å². The SMILES string of the molecule is Nc1nsnc1N1CCOCC1. The first-order chi connectivity index (χ1) is 5.88. The van der Waals surface area contributed by atoms with Crippen LogP contribution >= 0.6 is 11.7 Å². The van der Waals surface area contributed by atoms with Crippen molar-refractivity contribution in [1.29, 1.82) is 0 Å². The second kappa shape index (κ2) is 3.24. The molecule has 1 saturated heterocycles. The number of aromatic nitrogens is 2. The smallest absolute Gasteiger partial charge is 0.186 e. The highest BCUT2D eigenvalue weighted by molar-refractivity contribution is 6.99. The maximum Gasteiger partial charge on any atom is 0.186 e. The maximum atomic E-state index is 5.63. The van der Waals surface area contributed by atoms with Gasteiger partial charge in [0.1, 0.15) is 0 Å². The fraction of sp³-hybridized carbons (Fsp3) is 0.667. The van der Waals surface area contributed by atoms with E-state index >= 15 is 0 Å².